The van der Waals surface area contributed by atoms with Crippen molar-refractivity contribution in [3.05, 3.63) is 48.6 Å². The van der Waals surface area contributed by atoms with Crippen LogP contribution in [0.5, 0.6) is 0 Å². The smallest absolute Gasteiger partial charge is 0.317 e. The van der Waals surface area contributed by atoms with Gasteiger partial charge in [-0.15, -0.1) is 0 Å². The number of hydrogen-bond acceptors (Lipinski definition) is 20. The number of aliphatic hydroxyl groups is 10. The van der Waals surface area contributed by atoms with Crippen LogP contribution in [0.1, 0.15) is 158 Å². The van der Waals surface area contributed by atoms with Crippen LogP contribution in [0.4, 0.5) is 0 Å². The van der Waals surface area contributed by atoms with Gasteiger partial charge in [-0.1, -0.05) is 103 Å². The van der Waals surface area contributed by atoms with E-state index in [9.17, 15) is 85.3 Å². The van der Waals surface area contributed by atoms with Crippen LogP contribution in [0, 0.1) is 47.3 Å². The molecule has 1 fully saturated rings. The summed E-state index contributed by atoms with van der Waals surface area (Å²) in [6.45, 7) is 14.6. The van der Waals surface area contributed by atoms with Crippen LogP contribution in [0.2, 0.25) is 0 Å². The van der Waals surface area contributed by atoms with Crippen molar-refractivity contribution in [2.24, 2.45) is 58.1 Å². The second-order valence-corrected chi connectivity index (χ2v) is 24.4. The number of ether oxygens (including phenoxy) is 4. The Kier molecular flexibility index (Phi) is 35.2. The molecule has 0 spiro atoms. The topological polar surface area (TPSA) is 415 Å². The Bertz CT molecular complexity index is 2200. The lowest BCUT2D eigenvalue weighted by Gasteiger charge is -2.46. The minimum Gasteiger partial charge on any atom is -0.481 e. The van der Waals surface area contributed by atoms with Gasteiger partial charge in [0.05, 0.1) is 60.9 Å². The highest BCUT2D eigenvalue weighted by molar-refractivity contribution is 5.90. The number of aliphatic carboxylic acids is 2. The second-order valence-electron chi connectivity index (χ2n) is 24.4. The van der Waals surface area contributed by atoms with Crippen molar-refractivity contribution in [3.63, 3.8) is 0 Å². The van der Waals surface area contributed by atoms with Gasteiger partial charge in [-0.3, -0.25) is 29.0 Å². The molecule has 24 heteroatoms. The number of nitrogens with one attached hydrogen (secondary N) is 1. The number of rotatable bonds is 17. The number of guanidine groups is 1. The third-order valence-corrected chi connectivity index (χ3v) is 16.7. The maximum absolute atomic E-state index is 13.9. The molecule has 0 aromatic rings. The van der Waals surface area contributed by atoms with Gasteiger partial charge in [-0.25, -0.2) is 0 Å². The number of cyclic esters (lactones) is 1. The largest absolute Gasteiger partial charge is 0.481 e. The molecule has 0 radical (unpaired) electrons. The number of carbonyl (C=O) groups is 5. The number of hydrogen-bond donors (Lipinski definition) is 14. The Morgan fingerprint density at radius 1 is 0.721 bits per heavy atom. The molecule has 2 rings (SSSR count). The van der Waals surface area contributed by atoms with E-state index in [4.69, 9.17) is 24.7 Å². The number of allylic oxidation sites excluding steroid dienone is 4. The third kappa shape index (κ3) is 28.5. The molecule has 2 aliphatic heterocycles. The first kappa shape index (κ1) is 77.2. The Morgan fingerprint density at radius 3 is 1.95 bits per heavy atom. The van der Waals surface area contributed by atoms with E-state index in [1.165, 1.54) is 32.1 Å². The third-order valence-electron chi connectivity index (χ3n) is 16.7. The van der Waals surface area contributed by atoms with E-state index < -0.39 is 195 Å². The molecule has 494 valence electrons. The number of carboxylic acids is 2. The van der Waals surface area contributed by atoms with E-state index in [0.717, 1.165) is 38.6 Å². The molecule has 24 nitrogen and oxygen atoms in total. The summed E-state index contributed by atoms with van der Waals surface area (Å²) in [6, 6.07) is 0. The molecule has 0 unspecified atom stereocenters. The molecule has 0 amide bonds. The van der Waals surface area contributed by atoms with Crippen LogP contribution >= 0.6 is 0 Å². The summed E-state index contributed by atoms with van der Waals surface area (Å²) in [5.74, 6) is -13.0. The SMILES string of the molecule is CN=C(N)NCCC/C=C/CCC[C@H](C)C[C@H](C)[C@H]1OC(=O)[C@H](C)[C@H](O)C=C[C@H](C)[C@H](O)C[C@H](O)[C@H](C)[C@@H](O)CC[C@H](C)[C@H](O)C[C@]2(O)O[C@H](C[C@@H](O)C[C@H](OC(=O)CC(=O)O)C[C@@H](O)[C@H](C)[C@H](O)C=CC=C[C@@H]1C)C[C@H](OC(=O)CC(=O)O)[C@H]2O. The molecular weight excluding hydrogens is 1120 g/mol. The molecule has 0 aliphatic carbocycles. The van der Waals surface area contributed by atoms with Crippen LogP contribution in [-0.4, -0.2) is 196 Å². The number of aliphatic imine (C=N–C) groups is 1. The summed E-state index contributed by atoms with van der Waals surface area (Å²) in [7, 11) is 1.62. The first-order chi connectivity index (χ1) is 40.3. The van der Waals surface area contributed by atoms with Crippen molar-refractivity contribution < 1.29 is 104 Å². The van der Waals surface area contributed by atoms with Crippen LogP contribution in [0.15, 0.2) is 53.6 Å². The lowest BCUT2D eigenvalue weighted by molar-refractivity contribution is -0.334. The standard InChI is InChI=1S/C62H105N3O21/c1-35(18-14-12-10-11-13-17-25-65-61(63)64-9)26-39(5)58-38(4)19-15-16-20-46(67)40(6)50(71)29-44(83-56(78)32-54(74)75)27-43(66)28-45-30-53(84-57(79)33-55(76)77)59(80)62(82,86-45)34-52(73)37(3)22-23-47(68)41(7)51(72)31-49(70)36(2)21-24-48(69)42(8)60(81)85-58/h10-11,15-16,19-21,24,35-53,58-59,66-73,80,82H,12-14,17-18,22-23,25-34H2,1-9H3,(H,74,75)(H,76,77)(H3,63,64,65)/b11-10+,19-15?,20-16?,24-21?/t35-,36-,37-,38-,39-,40+,41+,42+,43-,44-,45+,46+,47-,48+,49+,50+,51-,52+,53-,58-,59+,62-/m0/s1. The number of nitrogens with zero attached hydrogens (tertiary/aromatic N) is 1. The molecule has 2 bridgehead atoms. The Hall–Kier alpha value is -4.86. The monoisotopic (exact) mass is 1230 g/mol. The van der Waals surface area contributed by atoms with E-state index in [1.807, 2.05) is 13.8 Å². The molecule has 1 saturated heterocycles. The van der Waals surface area contributed by atoms with Gasteiger partial charge >= 0.3 is 29.8 Å². The van der Waals surface area contributed by atoms with Crippen LogP contribution in [0.25, 0.3) is 0 Å². The van der Waals surface area contributed by atoms with Crippen molar-refractivity contribution in [1.82, 2.24) is 5.32 Å². The fourth-order valence-corrected chi connectivity index (χ4v) is 10.8. The fraction of sp³-hybridized carbons (Fsp3) is 0.774. The number of carboxylic acid groups (broad SMARTS) is 2. The fourth-order valence-electron chi connectivity index (χ4n) is 10.8. The van der Waals surface area contributed by atoms with Gasteiger partial charge in [-0.05, 0) is 76.0 Å². The number of nitrogens with two attached hydrogens (primary N) is 1. The highest BCUT2D eigenvalue weighted by Gasteiger charge is 2.52. The zero-order chi connectivity index (χ0) is 65.0. The average Bonchev–Trinajstić information content (AvgIpc) is 1.01. The number of esters is 3. The molecule has 0 saturated carbocycles. The molecule has 22 atom stereocenters. The van der Waals surface area contributed by atoms with Gasteiger partial charge in [0, 0.05) is 69.4 Å². The number of unbranched alkanes of at least 4 members (excludes halogenated alkanes) is 2. The van der Waals surface area contributed by atoms with E-state index in [1.54, 1.807) is 46.0 Å². The van der Waals surface area contributed by atoms with Gasteiger partial charge in [0.2, 0.25) is 0 Å². The molecule has 86 heavy (non-hydrogen) atoms. The van der Waals surface area contributed by atoms with E-state index in [2.05, 4.69) is 29.4 Å². The van der Waals surface area contributed by atoms with Gasteiger partial charge in [0.1, 0.15) is 37.3 Å². The Morgan fingerprint density at radius 2 is 1.33 bits per heavy atom. The summed E-state index contributed by atoms with van der Waals surface area (Å²) in [5.41, 5.74) is 5.69. The lowest BCUT2D eigenvalue weighted by Crippen LogP contribution is -2.60. The maximum Gasteiger partial charge on any atom is 0.317 e. The number of carbonyl (C=O) groups excluding carboxylic acids is 3. The zero-order valence-electron chi connectivity index (χ0n) is 51.8. The minimum absolute atomic E-state index is 0.00763. The molecule has 0 aromatic carbocycles. The summed E-state index contributed by atoms with van der Waals surface area (Å²) >= 11 is 0. The quantitative estimate of drug-likeness (QED) is 0.0189. The summed E-state index contributed by atoms with van der Waals surface area (Å²) in [4.78, 5) is 65.9. The lowest BCUT2D eigenvalue weighted by atomic mass is 9.83. The Balaban J connectivity index is 2.54. The first-order valence-electron chi connectivity index (χ1n) is 30.5. The van der Waals surface area contributed by atoms with Gasteiger partial charge in [-0.2, -0.15) is 0 Å². The first-order valence-corrected chi connectivity index (χ1v) is 30.5. The number of aliphatic hydroxyl groups excluding tert-OH is 9. The highest BCUT2D eigenvalue weighted by atomic mass is 16.7. The van der Waals surface area contributed by atoms with Gasteiger partial charge in [0.15, 0.2) is 11.7 Å². The van der Waals surface area contributed by atoms with Crippen molar-refractivity contribution in [2.45, 2.75) is 243 Å². The molecule has 15 N–H and O–H groups in total. The zero-order valence-corrected chi connectivity index (χ0v) is 51.8. The molecule has 2 heterocycles. The minimum atomic E-state index is -2.70. The Labute approximate surface area is 507 Å². The molecular formula is C62H105N3O21. The van der Waals surface area contributed by atoms with Gasteiger partial charge < -0.3 is 91.3 Å². The average molecular weight is 1230 g/mol. The van der Waals surface area contributed by atoms with E-state index in [0.29, 0.717) is 12.4 Å². The number of fused-ring (bicyclic) bond motifs is 2. The van der Waals surface area contributed by atoms with Crippen LogP contribution in [0.3, 0.4) is 0 Å². The summed E-state index contributed by atoms with van der Waals surface area (Å²) < 4.78 is 22.8. The molecule has 0 aromatic heterocycles. The van der Waals surface area contributed by atoms with Gasteiger partial charge in [0.25, 0.3) is 0 Å². The predicted octanol–water partition coefficient (Wildman–Crippen LogP) is 3.33. The predicted molar refractivity (Wildman–Crippen MR) is 318 cm³/mol. The second kappa shape index (κ2) is 39.2. The normalized spacial score (nSPS) is 35.8. The van der Waals surface area contributed by atoms with Crippen molar-refractivity contribution >= 4 is 35.8 Å². The van der Waals surface area contributed by atoms with Crippen molar-refractivity contribution in [1.29, 1.82) is 0 Å². The van der Waals surface area contributed by atoms with E-state index >= 15 is 0 Å². The maximum atomic E-state index is 13.9. The van der Waals surface area contributed by atoms with Crippen molar-refractivity contribution in [2.75, 3.05) is 13.6 Å². The molecule has 2 aliphatic rings. The van der Waals surface area contributed by atoms with Crippen LogP contribution < -0.4 is 11.1 Å². The van der Waals surface area contributed by atoms with Crippen molar-refractivity contribution in [3.8, 4) is 0 Å². The van der Waals surface area contributed by atoms with Crippen LogP contribution in [-0.2, 0) is 42.9 Å². The summed E-state index contributed by atoms with van der Waals surface area (Å²) in [5, 5.41) is 135. The van der Waals surface area contributed by atoms with E-state index in [-0.39, 0.29) is 31.1 Å². The summed E-state index contributed by atoms with van der Waals surface area (Å²) in [6.07, 6.45) is -3.57. The highest BCUT2D eigenvalue weighted by Crippen LogP contribution is 2.38.